The molecule has 2 aromatic carbocycles. The minimum absolute atomic E-state index is 0.00620. The van der Waals surface area contributed by atoms with E-state index in [0.717, 1.165) is 12.1 Å². The maximum atomic E-state index is 12.6. The molecule has 7 heteroatoms. The van der Waals surface area contributed by atoms with E-state index in [-0.39, 0.29) is 16.9 Å². The lowest BCUT2D eigenvalue weighted by Crippen LogP contribution is -2.13. The molecular formula is C14H11F3N2O2. The third-order valence-corrected chi connectivity index (χ3v) is 2.76. The Kier molecular flexibility index (Phi) is 3.75. The fraction of sp³-hybridized carbons (Fsp3) is 0.0714. The molecular weight excluding hydrogens is 285 g/mol. The normalized spacial score (nSPS) is 11.2. The maximum Gasteiger partial charge on any atom is 0.416 e. The number of amides is 1. The Balaban J connectivity index is 2.26. The van der Waals surface area contributed by atoms with E-state index >= 15 is 0 Å². The topological polar surface area (TPSA) is 75.4 Å². The van der Waals surface area contributed by atoms with Gasteiger partial charge in [-0.05, 0) is 30.3 Å². The fourth-order valence-electron chi connectivity index (χ4n) is 1.72. The first-order valence-electron chi connectivity index (χ1n) is 5.85. The molecule has 21 heavy (non-hydrogen) atoms. The van der Waals surface area contributed by atoms with Crippen LogP contribution in [0.25, 0.3) is 0 Å². The van der Waals surface area contributed by atoms with Gasteiger partial charge in [0.25, 0.3) is 5.91 Å². The van der Waals surface area contributed by atoms with Crippen LogP contribution in [-0.2, 0) is 6.18 Å². The molecule has 4 nitrogen and oxygen atoms in total. The number of hydrogen-bond acceptors (Lipinski definition) is 3. The van der Waals surface area contributed by atoms with E-state index in [1.54, 1.807) is 0 Å². The van der Waals surface area contributed by atoms with Gasteiger partial charge in [-0.1, -0.05) is 12.1 Å². The van der Waals surface area contributed by atoms with Crippen molar-refractivity contribution >= 4 is 17.3 Å². The summed E-state index contributed by atoms with van der Waals surface area (Å²) in [6, 6.07) is 8.37. The van der Waals surface area contributed by atoms with Gasteiger partial charge in [-0.3, -0.25) is 4.79 Å². The third kappa shape index (κ3) is 3.25. The van der Waals surface area contributed by atoms with E-state index in [1.807, 2.05) is 0 Å². The Morgan fingerprint density at radius 2 is 1.81 bits per heavy atom. The molecule has 0 aliphatic carbocycles. The Bertz CT molecular complexity index is 684. The highest BCUT2D eigenvalue weighted by Gasteiger charge is 2.30. The number of anilines is 2. The Hall–Kier alpha value is -2.70. The predicted molar refractivity (Wildman–Crippen MR) is 71.9 cm³/mol. The number of nitrogens with one attached hydrogen (secondary N) is 1. The summed E-state index contributed by atoms with van der Waals surface area (Å²) in [7, 11) is 0. The largest absolute Gasteiger partial charge is 0.505 e. The molecule has 0 saturated carbocycles. The highest BCUT2D eigenvalue weighted by Crippen LogP contribution is 2.31. The van der Waals surface area contributed by atoms with Crippen LogP contribution in [0.5, 0.6) is 5.75 Å². The molecule has 0 radical (unpaired) electrons. The van der Waals surface area contributed by atoms with Crippen molar-refractivity contribution in [1.29, 1.82) is 0 Å². The number of carbonyl (C=O) groups excluding carboxylic acids is 1. The van der Waals surface area contributed by atoms with Gasteiger partial charge in [0.05, 0.1) is 16.8 Å². The van der Waals surface area contributed by atoms with Gasteiger partial charge in [0.2, 0.25) is 0 Å². The predicted octanol–water partition coefficient (Wildman–Crippen LogP) is 3.25. The lowest BCUT2D eigenvalue weighted by atomic mass is 10.1. The second kappa shape index (κ2) is 5.35. The highest BCUT2D eigenvalue weighted by atomic mass is 19.4. The van der Waals surface area contributed by atoms with Gasteiger partial charge in [0, 0.05) is 5.69 Å². The van der Waals surface area contributed by atoms with E-state index < -0.39 is 23.4 Å². The second-order valence-electron chi connectivity index (χ2n) is 4.28. The average Bonchev–Trinajstić information content (AvgIpc) is 2.41. The van der Waals surface area contributed by atoms with Gasteiger partial charge in [0.1, 0.15) is 0 Å². The van der Waals surface area contributed by atoms with Crippen LogP contribution in [0.4, 0.5) is 24.5 Å². The SMILES string of the molecule is Nc1cccc(C(=O)Nc2cccc(C(F)(F)F)c2)c1O. The molecule has 0 unspecified atom stereocenters. The Morgan fingerprint density at radius 1 is 1.14 bits per heavy atom. The summed E-state index contributed by atoms with van der Waals surface area (Å²) in [6.45, 7) is 0. The number of rotatable bonds is 2. The van der Waals surface area contributed by atoms with Crippen molar-refractivity contribution in [3.05, 3.63) is 53.6 Å². The molecule has 0 spiro atoms. The minimum Gasteiger partial charge on any atom is -0.505 e. The summed E-state index contributed by atoms with van der Waals surface area (Å²) < 4.78 is 37.7. The van der Waals surface area contributed by atoms with E-state index in [0.29, 0.717) is 0 Å². The van der Waals surface area contributed by atoms with Crippen LogP contribution >= 0.6 is 0 Å². The zero-order chi connectivity index (χ0) is 15.6. The van der Waals surface area contributed by atoms with Crippen molar-refractivity contribution < 1.29 is 23.1 Å². The number of alkyl halides is 3. The van der Waals surface area contributed by atoms with Crippen LogP contribution in [0, 0.1) is 0 Å². The molecule has 0 atom stereocenters. The number of nitrogen functional groups attached to an aromatic ring is 1. The third-order valence-electron chi connectivity index (χ3n) is 2.76. The molecule has 2 aromatic rings. The number of halogens is 3. The van der Waals surface area contributed by atoms with Crippen LogP contribution < -0.4 is 11.1 Å². The number of benzene rings is 2. The fourth-order valence-corrected chi connectivity index (χ4v) is 1.72. The van der Waals surface area contributed by atoms with Crippen molar-refractivity contribution in [2.45, 2.75) is 6.18 Å². The van der Waals surface area contributed by atoms with Crippen LogP contribution in [0.1, 0.15) is 15.9 Å². The van der Waals surface area contributed by atoms with Crippen molar-refractivity contribution in [2.75, 3.05) is 11.1 Å². The minimum atomic E-state index is -4.50. The first-order chi connectivity index (χ1) is 9.79. The molecule has 0 bridgehead atoms. The first-order valence-corrected chi connectivity index (χ1v) is 5.85. The summed E-state index contributed by atoms with van der Waals surface area (Å²) >= 11 is 0. The zero-order valence-electron chi connectivity index (χ0n) is 10.6. The summed E-state index contributed by atoms with van der Waals surface area (Å²) in [5.74, 6) is -1.17. The summed E-state index contributed by atoms with van der Waals surface area (Å²) in [5.41, 5.74) is 4.43. The molecule has 0 aliphatic rings. The van der Waals surface area contributed by atoms with Gasteiger partial charge in [0.15, 0.2) is 5.75 Å². The summed E-state index contributed by atoms with van der Waals surface area (Å²) in [4.78, 5) is 11.9. The summed E-state index contributed by atoms with van der Waals surface area (Å²) in [5, 5.41) is 11.9. The summed E-state index contributed by atoms with van der Waals surface area (Å²) in [6.07, 6.45) is -4.50. The lowest BCUT2D eigenvalue weighted by molar-refractivity contribution is -0.137. The van der Waals surface area contributed by atoms with Crippen molar-refractivity contribution in [2.24, 2.45) is 0 Å². The number of para-hydroxylation sites is 1. The molecule has 0 saturated heterocycles. The smallest absolute Gasteiger partial charge is 0.416 e. The van der Waals surface area contributed by atoms with Crippen LogP contribution in [0.15, 0.2) is 42.5 Å². The van der Waals surface area contributed by atoms with Gasteiger partial charge in [-0.2, -0.15) is 13.2 Å². The maximum absolute atomic E-state index is 12.6. The van der Waals surface area contributed by atoms with E-state index in [1.165, 1.54) is 30.3 Å². The highest BCUT2D eigenvalue weighted by molar-refractivity contribution is 6.07. The first kappa shape index (κ1) is 14.7. The number of aromatic hydroxyl groups is 1. The zero-order valence-corrected chi connectivity index (χ0v) is 10.6. The second-order valence-corrected chi connectivity index (χ2v) is 4.28. The number of carbonyl (C=O) groups is 1. The molecule has 0 aliphatic heterocycles. The molecule has 2 rings (SSSR count). The van der Waals surface area contributed by atoms with Crippen molar-refractivity contribution in [3.63, 3.8) is 0 Å². The molecule has 0 heterocycles. The molecule has 4 N–H and O–H groups in total. The van der Waals surface area contributed by atoms with E-state index in [2.05, 4.69) is 5.32 Å². The Labute approximate surface area is 118 Å². The van der Waals surface area contributed by atoms with Crippen LogP contribution in [-0.4, -0.2) is 11.0 Å². The standard InChI is InChI=1S/C14H11F3N2O2/c15-14(16,17)8-3-1-4-9(7-8)19-13(21)10-5-2-6-11(18)12(10)20/h1-7,20H,18H2,(H,19,21). The Morgan fingerprint density at radius 3 is 2.48 bits per heavy atom. The quantitative estimate of drug-likeness (QED) is 0.588. The van der Waals surface area contributed by atoms with E-state index in [4.69, 9.17) is 5.73 Å². The van der Waals surface area contributed by atoms with Gasteiger partial charge in [-0.15, -0.1) is 0 Å². The van der Waals surface area contributed by atoms with Crippen molar-refractivity contribution in [3.8, 4) is 5.75 Å². The number of phenols is 1. The molecule has 110 valence electrons. The molecule has 0 aromatic heterocycles. The van der Waals surface area contributed by atoms with Gasteiger partial charge >= 0.3 is 6.18 Å². The number of phenolic OH excluding ortho intramolecular Hbond substituents is 1. The number of hydrogen-bond donors (Lipinski definition) is 3. The van der Waals surface area contributed by atoms with Crippen LogP contribution in [0.3, 0.4) is 0 Å². The van der Waals surface area contributed by atoms with E-state index in [9.17, 15) is 23.1 Å². The molecule has 0 fully saturated rings. The average molecular weight is 296 g/mol. The lowest BCUT2D eigenvalue weighted by Gasteiger charge is -2.11. The monoisotopic (exact) mass is 296 g/mol. The molecule has 1 amide bonds. The van der Waals surface area contributed by atoms with Gasteiger partial charge < -0.3 is 16.2 Å². The number of nitrogens with two attached hydrogens (primary N) is 1. The van der Waals surface area contributed by atoms with Crippen LogP contribution in [0.2, 0.25) is 0 Å². The van der Waals surface area contributed by atoms with Gasteiger partial charge in [-0.25, -0.2) is 0 Å². The van der Waals surface area contributed by atoms with Crippen molar-refractivity contribution in [1.82, 2.24) is 0 Å².